The van der Waals surface area contributed by atoms with Crippen LogP contribution in [0.2, 0.25) is 0 Å². The van der Waals surface area contributed by atoms with Gasteiger partial charge in [-0.3, -0.25) is 4.79 Å². The van der Waals surface area contributed by atoms with Crippen LogP contribution in [0.25, 0.3) is 0 Å². The molecule has 0 aromatic heterocycles. The zero-order valence-electron chi connectivity index (χ0n) is 11.7. The lowest BCUT2D eigenvalue weighted by molar-refractivity contribution is 0.0988. The maximum absolute atomic E-state index is 12.6. The molecule has 3 heteroatoms. The number of ketones is 1. The number of aryl methyl sites for hydroxylation is 1. The van der Waals surface area contributed by atoms with Crippen LogP contribution in [0.15, 0.2) is 24.3 Å². The molecule has 1 aliphatic rings. The maximum atomic E-state index is 12.6. The summed E-state index contributed by atoms with van der Waals surface area (Å²) in [5.41, 5.74) is 2.22. The van der Waals surface area contributed by atoms with Crippen LogP contribution in [0.4, 0.5) is 0 Å². The highest BCUT2D eigenvalue weighted by Gasteiger charge is 2.31. The summed E-state index contributed by atoms with van der Waals surface area (Å²) in [7, 11) is 0. The lowest BCUT2D eigenvalue weighted by atomic mass is 10.0. The third-order valence-corrected chi connectivity index (χ3v) is 6.73. The van der Waals surface area contributed by atoms with E-state index in [0.29, 0.717) is 11.0 Å². The second-order valence-electron chi connectivity index (χ2n) is 4.92. The van der Waals surface area contributed by atoms with Gasteiger partial charge in [0.1, 0.15) is 0 Å². The normalized spacial score (nSPS) is 23.3. The Hall–Kier alpha value is -0.410. The molecular weight excluding hydrogens is 272 g/mol. The number of hydrogen-bond donors (Lipinski definition) is 0. The van der Waals surface area contributed by atoms with Crippen molar-refractivity contribution in [1.82, 2.24) is 0 Å². The van der Waals surface area contributed by atoms with Crippen LogP contribution in [-0.4, -0.2) is 27.8 Å². The van der Waals surface area contributed by atoms with Crippen molar-refractivity contribution in [3.63, 3.8) is 0 Å². The summed E-state index contributed by atoms with van der Waals surface area (Å²) in [4.78, 5) is 12.6. The molecule has 0 spiro atoms. The van der Waals surface area contributed by atoms with Gasteiger partial charge in [-0.25, -0.2) is 0 Å². The lowest BCUT2D eigenvalue weighted by Gasteiger charge is -2.28. The maximum Gasteiger partial charge on any atom is 0.176 e. The summed E-state index contributed by atoms with van der Waals surface area (Å²) in [5, 5.41) is 0.641. The van der Waals surface area contributed by atoms with Gasteiger partial charge < -0.3 is 0 Å². The quantitative estimate of drug-likeness (QED) is 0.747. The average molecular weight is 294 g/mol. The molecule has 2 atom stereocenters. The van der Waals surface area contributed by atoms with Gasteiger partial charge in [-0.1, -0.05) is 44.5 Å². The molecule has 1 nitrogen and oxygen atoms in total. The highest BCUT2D eigenvalue weighted by atomic mass is 32.2. The SMILES string of the molecule is CCCc1ccc(C(=O)C2SCCSC2CC)cc1. The van der Waals surface area contributed by atoms with Gasteiger partial charge in [-0.05, 0) is 18.4 Å². The Morgan fingerprint density at radius 3 is 2.47 bits per heavy atom. The molecule has 2 rings (SSSR count). The fourth-order valence-electron chi connectivity index (χ4n) is 2.43. The number of thioether (sulfide) groups is 2. The van der Waals surface area contributed by atoms with Crippen molar-refractivity contribution < 1.29 is 4.79 Å². The Kier molecular flexibility index (Phi) is 5.83. The van der Waals surface area contributed by atoms with E-state index in [4.69, 9.17) is 0 Å². The molecule has 0 amide bonds. The molecule has 2 unspecified atom stereocenters. The summed E-state index contributed by atoms with van der Waals surface area (Å²) in [5.74, 6) is 2.61. The van der Waals surface area contributed by atoms with Crippen LogP contribution >= 0.6 is 23.5 Å². The van der Waals surface area contributed by atoms with Gasteiger partial charge in [-0.15, -0.1) is 11.8 Å². The average Bonchev–Trinajstić information content (AvgIpc) is 2.47. The van der Waals surface area contributed by atoms with Crippen molar-refractivity contribution in [2.24, 2.45) is 0 Å². The zero-order valence-corrected chi connectivity index (χ0v) is 13.4. The predicted octanol–water partition coefficient (Wildman–Crippen LogP) is 4.45. The second kappa shape index (κ2) is 7.39. The zero-order chi connectivity index (χ0) is 13.7. The van der Waals surface area contributed by atoms with E-state index < -0.39 is 0 Å². The van der Waals surface area contributed by atoms with Crippen LogP contribution in [0.3, 0.4) is 0 Å². The molecule has 1 aliphatic heterocycles. The van der Waals surface area contributed by atoms with Gasteiger partial charge in [0.2, 0.25) is 0 Å². The van der Waals surface area contributed by atoms with Crippen LogP contribution in [-0.2, 0) is 6.42 Å². The third kappa shape index (κ3) is 3.79. The number of Topliss-reactive ketones (excluding diaryl/α,β-unsaturated/α-hetero) is 1. The first kappa shape index (κ1) is 15.0. The second-order valence-corrected chi connectivity index (χ2v) is 7.52. The van der Waals surface area contributed by atoms with Crippen molar-refractivity contribution in [3.8, 4) is 0 Å². The largest absolute Gasteiger partial charge is 0.293 e. The minimum Gasteiger partial charge on any atom is -0.293 e. The highest BCUT2D eigenvalue weighted by Crippen LogP contribution is 2.35. The first-order valence-corrected chi connectivity index (χ1v) is 9.22. The summed E-state index contributed by atoms with van der Waals surface area (Å²) in [6.45, 7) is 4.37. The summed E-state index contributed by atoms with van der Waals surface area (Å²) in [6, 6.07) is 8.25. The van der Waals surface area contributed by atoms with Crippen LogP contribution in [0, 0.1) is 0 Å². The summed E-state index contributed by atoms with van der Waals surface area (Å²) < 4.78 is 0. The molecule has 0 bridgehead atoms. The summed E-state index contributed by atoms with van der Waals surface area (Å²) in [6.07, 6.45) is 3.34. The van der Waals surface area contributed by atoms with E-state index in [0.717, 1.165) is 30.6 Å². The number of carbonyl (C=O) groups excluding carboxylic acids is 1. The molecule has 1 aromatic carbocycles. The number of benzene rings is 1. The molecular formula is C16H22OS2. The van der Waals surface area contributed by atoms with E-state index in [-0.39, 0.29) is 5.25 Å². The number of rotatable bonds is 5. The van der Waals surface area contributed by atoms with Gasteiger partial charge in [0.25, 0.3) is 0 Å². The monoisotopic (exact) mass is 294 g/mol. The standard InChI is InChI=1S/C16H22OS2/c1-3-5-12-6-8-13(9-7-12)15(17)16-14(4-2)18-10-11-19-16/h6-9,14,16H,3-5,10-11H2,1-2H3. The fraction of sp³-hybridized carbons (Fsp3) is 0.562. The van der Waals surface area contributed by atoms with E-state index >= 15 is 0 Å². The molecule has 0 aliphatic carbocycles. The number of carbonyl (C=O) groups is 1. The molecule has 1 heterocycles. The van der Waals surface area contributed by atoms with Gasteiger partial charge >= 0.3 is 0 Å². The van der Waals surface area contributed by atoms with Crippen molar-refractivity contribution in [3.05, 3.63) is 35.4 Å². The lowest BCUT2D eigenvalue weighted by Crippen LogP contribution is -2.32. The molecule has 1 fully saturated rings. The topological polar surface area (TPSA) is 17.1 Å². The van der Waals surface area contributed by atoms with E-state index in [1.54, 1.807) is 0 Å². The van der Waals surface area contributed by atoms with E-state index in [2.05, 4.69) is 26.0 Å². The first-order chi connectivity index (χ1) is 9.26. The van der Waals surface area contributed by atoms with Crippen molar-refractivity contribution >= 4 is 29.3 Å². The Morgan fingerprint density at radius 2 is 1.84 bits per heavy atom. The molecule has 0 N–H and O–H groups in total. The molecule has 1 saturated heterocycles. The minimum atomic E-state index is 0.153. The van der Waals surface area contributed by atoms with Gasteiger partial charge in [0.15, 0.2) is 5.78 Å². The highest BCUT2D eigenvalue weighted by molar-refractivity contribution is 8.07. The van der Waals surface area contributed by atoms with Crippen molar-refractivity contribution in [1.29, 1.82) is 0 Å². The van der Waals surface area contributed by atoms with Crippen LogP contribution < -0.4 is 0 Å². The van der Waals surface area contributed by atoms with Crippen LogP contribution in [0.5, 0.6) is 0 Å². The number of hydrogen-bond acceptors (Lipinski definition) is 3. The van der Waals surface area contributed by atoms with Crippen molar-refractivity contribution in [2.45, 2.75) is 43.6 Å². The molecule has 104 valence electrons. The minimum absolute atomic E-state index is 0.153. The van der Waals surface area contributed by atoms with E-state index in [1.807, 2.05) is 35.7 Å². The first-order valence-electron chi connectivity index (χ1n) is 7.12. The van der Waals surface area contributed by atoms with Gasteiger partial charge in [-0.2, -0.15) is 11.8 Å². The Balaban J connectivity index is 2.09. The molecule has 1 aromatic rings. The summed E-state index contributed by atoms with van der Waals surface area (Å²) >= 11 is 3.81. The molecule has 19 heavy (non-hydrogen) atoms. The van der Waals surface area contributed by atoms with Gasteiger partial charge in [0.05, 0.1) is 5.25 Å². The molecule has 0 saturated carbocycles. The third-order valence-electron chi connectivity index (χ3n) is 3.49. The van der Waals surface area contributed by atoms with E-state index in [1.165, 1.54) is 11.3 Å². The van der Waals surface area contributed by atoms with Gasteiger partial charge in [0, 0.05) is 22.3 Å². The predicted molar refractivity (Wildman–Crippen MR) is 87.6 cm³/mol. The van der Waals surface area contributed by atoms with Crippen LogP contribution in [0.1, 0.15) is 42.6 Å². The fourth-order valence-corrected chi connectivity index (χ4v) is 5.46. The smallest absolute Gasteiger partial charge is 0.176 e. The Morgan fingerprint density at radius 1 is 1.16 bits per heavy atom. The Bertz CT molecular complexity index is 413. The molecule has 0 radical (unpaired) electrons. The van der Waals surface area contributed by atoms with Crippen molar-refractivity contribution in [2.75, 3.05) is 11.5 Å². The Labute approximate surface area is 124 Å². The van der Waals surface area contributed by atoms with E-state index in [9.17, 15) is 4.79 Å².